The molecule has 1 aromatic carbocycles. The van der Waals surface area contributed by atoms with E-state index in [2.05, 4.69) is 34.6 Å². The molecular weight excluding hydrogens is 250 g/mol. The molecule has 2 atom stereocenters. The third kappa shape index (κ3) is 2.92. The number of aromatic amines is 1. The lowest BCUT2D eigenvalue weighted by Gasteiger charge is -2.14. The fourth-order valence-electron chi connectivity index (χ4n) is 2.74. The normalized spacial score (nSPS) is 22.2. The molecule has 3 rings (SSSR count). The van der Waals surface area contributed by atoms with Gasteiger partial charge in [0.2, 0.25) is 0 Å². The average molecular weight is 271 g/mol. The summed E-state index contributed by atoms with van der Waals surface area (Å²) >= 11 is 0. The van der Waals surface area contributed by atoms with Crippen molar-refractivity contribution in [3.63, 3.8) is 0 Å². The maximum absolute atomic E-state index is 5.59. The molecule has 2 unspecified atom stereocenters. The quantitative estimate of drug-likeness (QED) is 0.879. The molecule has 0 aliphatic carbocycles. The van der Waals surface area contributed by atoms with E-state index in [0.717, 1.165) is 31.8 Å². The summed E-state index contributed by atoms with van der Waals surface area (Å²) < 4.78 is 5.59. The highest BCUT2D eigenvalue weighted by atomic mass is 16.5. The Labute approximate surface area is 119 Å². The van der Waals surface area contributed by atoms with Gasteiger partial charge in [-0.05, 0) is 24.8 Å². The first-order valence-corrected chi connectivity index (χ1v) is 7.24. The van der Waals surface area contributed by atoms with Crippen LogP contribution in [0.4, 0.5) is 0 Å². The molecule has 1 fully saturated rings. The maximum atomic E-state index is 5.59. The summed E-state index contributed by atoms with van der Waals surface area (Å²) in [4.78, 5) is 0. The molecule has 0 spiro atoms. The van der Waals surface area contributed by atoms with Crippen LogP contribution in [0.1, 0.15) is 18.9 Å². The molecule has 1 saturated heterocycles. The van der Waals surface area contributed by atoms with E-state index in [1.165, 1.54) is 11.1 Å². The Morgan fingerprint density at radius 3 is 2.95 bits per heavy atom. The van der Waals surface area contributed by atoms with Crippen molar-refractivity contribution < 1.29 is 4.74 Å². The number of aromatic nitrogens is 2. The minimum atomic E-state index is 0.375. The molecule has 1 aliphatic heterocycles. The van der Waals surface area contributed by atoms with Gasteiger partial charge in [0, 0.05) is 25.3 Å². The number of H-pyrrole nitrogens is 1. The van der Waals surface area contributed by atoms with Gasteiger partial charge >= 0.3 is 0 Å². The van der Waals surface area contributed by atoms with E-state index < -0.39 is 0 Å². The van der Waals surface area contributed by atoms with Gasteiger partial charge in [0.15, 0.2) is 0 Å². The summed E-state index contributed by atoms with van der Waals surface area (Å²) in [6, 6.07) is 10.3. The zero-order valence-corrected chi connectivity index (χ0v) is 11.8. The topological polar surface area (TPSA) is 49.9 Å². The average Bonchev–Trinajstić information content (AvgIpc) is 3.10. The standard InChI is InChI=1S/C16H21N3O/c1-12-14(7-8-20-12)9-17-10-15-11-18-19-16(15)13-5-3-2-4-6-13/h2-6,11-12,14,17H,7-10H2,1H3,(H,18,19). The third-order valence-corrected chi connectivity index (χ3v) is 4.04. The third-order valence-electron chi connectivity index (χ3n) is 4.04. The van der Waals surface area contributed by atoms with Gasteiger partial charge in [-0.25, -0.2) is 0 Å². The van der Waals surface area contributed by atoms with E-state index in [-0.39, 0.29) is 0 Å². The Morgan fingerprint density at radius 2 is 2.20 bits per heavy atom. The summed E-state index contributed by atoms with van der Waals surface area (Å²) in [7, 11) is 0. The van der Waals surface area contributed by atoms with Crippen molar-refractivity contribution in [2.75, 3.05) is 13.2 Å². The Hall–Kier alpha value is -1.65. The molecule has 0 bridgehead atoms. The predicted octanol–water partition coefficient (Wildman–Crippen LogP) is 2.59. The molecule has 2 heterocycles. The van der Waals surface area contributed by atoms with Crippen LogP contribution in [0.15, 0.2) is 36.5 Å². The molecule has 2 aromatic rings. The summed E-state index contributed by atoms with van der Waals surface area (Å²) in [6.07, 6.45) is 3.44. The summed E-state index contributed by atoms with van der Waals surface area (Å²) in [5, 5.41) is 10.8. The molecule has 2 N–H and O–H groups in total. The zero-order valence-electron chi connectivity index (χ0n) is 11.8. The van der Waals surface area contributed by atoms with Gasteiger partial charge < -0.3 is 10.1 Å². The van der Waals surface area contributed by atoms with Gasteiger partial charge in [-0.15, -0.1) is 0 Å². The van der Waals surface area contributed by atoms with E-state index in [9.17, 15) is 0 Å². The van der Waals surface area contributed by atoms with E-state index in [4.69, 9.17) is 4.74 Å². The van der Waals surface area contributed by atoms with Gasteiger partial charge in [0.1, 0.15) is 0 Å². The lowest BCUT2D eigenvalue weighted by Crippen LogP contribution is -2.26. The van der Waals surface area contributed by atoms with Gasteiger partial charge in [-0.3, -0.25) is 5.10 Å². The van der Waals surface area contributed by atoms with E-state index in [1.807, 2.05) is 24.4 Å². The second kappa shape index (κ2) is 6.20. The predicted molar refractivity (Wildman–Crippen MR) is 79.3 cm³/mol. The molecule has 4 nitrogen and oxygen atoms in total. The van der Waals surface area contributed by atoms with Crippen molar-refractivity contribution in [3.05, 3.63) is 42.1 Å². The van der Waals surface area contributed by atoms with Crippen LogP contribution in [0, 0.1) is 5.92 Å². The fraction of sp³-hybridized carbons (Fsp3) is 0.438. The Balaban J connectivity index is 1.60. The van der Waals surface area contributed by atoms with Crippen LogP contribution in [-0.4, -0.2) is 29.5 Å². The second-order valence-corrected chi connectivity index (χ2v) is 5.39. The second-order valence-electron chi connectivity index (χ2n) is 5.39. The summed E-state index contributed by atoms with van der Waals surface area (Å²) in [6.45, 7) is 4.89. The van der Waals surface area contributed by atoms with Gasteiger partial charge in [0.05, 0.1) is 18.0 Å². The molecule has 20 heavy (non-hydrogen) atoms. The number of ether oxygens (including phenoxy) is 1. The first-order valence-electron chi connectivity index (χ1n) is 7.24. The molecule has 0 amide bonds. The fourth-order valence-corrected chi connectivity index (χ4v) is 2.74. The number of hydrogen-bond donors (Lipinski definition) is 2. The first-order chi connectivity index (χ1) is 9.84. The lowest BCUT2D eigenvalue weighted by molar-refractivity contribution is 0.105. The highest BCUT2D eigenvalue weighted by molar-refractivity contribution is 5.62. The van der Waals surface area contributed by atoms with Crippen LogP contribution in [0.2, 0.25) is 0 Å². The Kier molecular flexibility index (Phi) is 4.14. The highest BCUT2D eigenvalue weighted by Gasteiger charge is 2.23. The van der Waals surface area contributed by atoms with E-state index >= 15 is 0 Å². The maximum Gasteiger partial charge on any atom is 0.0695 e. The van der Waals surface area contributed by atoms with E-state index in [1.54, 1.807) is 0 Å². The van der Waals surface area contributed by atoms with Crippen molar-refractivity contribution >= 4 is 0 Å². The van der Waals surface area contributed by atoms with Gasteiger partial charge in [-0.2, -0.15) is 5.10 Å². The number of hydrogen-bond acceptors (Lipinski definition) is 3. The van der Waals surface area contributed by atoms with Gasteiger partial charge in [-0.1, -0.05) is 30.3 Å². The minimum Gasteiger partial charge on any atom is -0.378 e. The van der Waals surface area contributed by atoms with Crippen LogP contribution in [0.5, 0.6) is 0 Å². The number of benzene rings is 1. The highest BCUT2D eigenvalue weighted by Crippen LogP contribution is 2.22. The van der Waals surface area contributed by atoms with Crippen LogP contribution >= 0.6 is 0 Å². The van der Waals surface area contributed by atoms with Crippen molar-refractivity contribution in [2.45, 2.75) is 26.0 Å². The monoisotopic (exact) mass is 271 g/mol. The van der Waals surface area contributed by atoms with Crippen molar-refractivity contribution in [1.29, 1.82) is 0 Å². The minimum absolute atomic E-state index is 0.375. The van der Waals surface area contributed by atoms with Crippen molar-refractivity contribution in [1.82, 2.24) is 15.5 Å². The number of nitrogens with one attached hydrogen (secondary N) is 2. The molecule has 1 aromatic heterocycles. The van der Waals surface area contributed by atoms with Crippen LogP contribution in [-0.2, 0) is 11.3 Å². The molecule has 0 saturated carbocycles. The van der Waals surface area contributed by atoms with Crippen molar-refractivity contribution in [3.8, 4) is 11.3 Å². The molecule has 4 heteroatoms. The van der Waals surface area contributed by atoms with Gasteiger partial charge in [0.25, 0.3) is 0 Å². The largest absolute Gasteiger partial charge is 0.378 e. The van der Waals surface area contributed by atoms with Crippen molar-refractivity contribution in [2.24, 2.45) is 5.92 Å². The smallest absolute Gasteiger partial charge is 0.0695 e. The SMILES string of the molecule is CC1OCCC1CNCc1cn[nH]c1-c1ccccc1. The molecular formula is C16H21N3O. The number of nitrogens with zero attached hydrogens (tertiary/aromatic N) is 1. The molecule has 0 radical (unpaired) electrons. The summed E-state index contributed by atoms with van der Waals surface area (Å²) in [5.74, 6) is 0.627. The number of rotatable bonds is 5. The summed E-state index contributed by atoms with van der Waals surface area (Å²) in [5.41, 5.74) is 3.50. The van der Waals surface area contributed by atoms with Crippen LogP contribution < -0.4 is 5.32 Å². The Bertz CT molecular complexity index is 538. The van der Waals surface area contributed by atoms with Crippen LogP contribution in [0.3, 0.4) is 0 Å². The lowest BCUT2D eigenvalue weighted by atomic mass is 10.0. The van der Waals surface area contributed by atoms with E-state index in [0.29, 0.717) is 12.0 Å². The zero-order chi connectivity index (χ0) is 13.8. The first kappa shape index (κ1) is 13.3. The molecule has 1 aliphatic rings. The Morgan fingerprint density at radius 1 is 1.35 bits per heavy atom. The van der Waals surface area contributed by atoms with Crippen LogP contribution in [0.25, 0.3) is 11.3 Å². The molecule has 106 valence electrons.